The molecule has 3 nitrogen and oxygen atoms in total. The van der Waals surface area contributed by atoms with E-state index in [9.17, 15) is 9.18 Å². The Labute approximate surface area is 120 Å². The Morgan fingerprint density at radius 3 is 2.63 bits per heavy atom. The highest BCUT2D eigenvalue weighted by Gasteiger charge is 2.01. The normalized spacial score (nSPS) is 9.79. The van der Waals surface area contributed by atoms with Crippen molar-refractivity contribution in [2.75, 3.05) is 6.54 Å². The van der Waals surface area contributed by atoms with Crippen LogP contribution >= 0.6 is 12.4 Å². The molecule has 1 rings (SSSR count). The fourth-order valence-corrected chi connectivity index (χ4v) is 1.72. The van der Waals surface area contributed by atoms with E-state index >= 15 is 0 Å². The SMILES string of the molecule is Cl.NCCCCCCC(=O)NCc1cccc(F)c1. The first-order chi connectivity index (χ1) is 8.72. The van der Waals surface area contributed by atoms with E-state index in [1.165, 1.54) is 12.1 Å². The van der Waals surface area contributed by atoms with Crippen molar-refractivity contribution in [2.24, 2.45) is 5.73 Å². The molecule has 108 valence electrons. The van der Waals surface area contributed by atoms with Gasteiger partial charge in [-0.25, -0.2) is 4.39 Å². The van der Waals surface area contributed by atoms with Crippen LogP contribution in [0, 0.1) is 5.82 Å². The molecule has 0 heterocycles. The number of rotatable bonds is 8. The molecule has 3 N–H and O–H groups in total. The van der Waals surface area contributed by atoms with E-state index in [1.54, 1.807) is 12.1 Å². The maximum Gasteiger partial charge on any atom is 0.220 e. The second-order valence-electron chi connectivity index (χ2n) is 4.36. The van der Waals surface area contributed by atoms with Gasteiger partial charge in [-0.15, -0.1) is 12.4 Å². The summed E-state index contributed by atoms with van der Waals surface area (Å²) in [6, 6.07) is 6.26. The van der Waals surface area contributed by atoms with Crippen LogP contribution in [0.25, 0.3) is 0 Å². The second-order valence-corrected chi connectivity index (χ2v) is 4.36. The van der Waals surface area contributed by atoms with Crippen molar-refractivity contribution in [2.45, 2.75) is 38.6 Å². The maximum absolute atomic E-state index is 12.9. The van der Waals surface area contributed by atoms with Crippen LogP contribution in [-0.2, 0) is 11.3 Å². The van der Waals surface area contributed by atoms with Crippen molar-refractivity contribution >= 4 is 18.3 Å². The fourth-order valence-electron chi connectivity index (χ4n) is 1.72. The van der Waals surface area contributed by atoms with E-state index in [-0.39, 0.29) is 24.1 Å². The number of benzene rings is 1. The summed E-state index contributed by atoms with van der Waals surface area (Å²) in [5.41, 5.74) is 6.17. The minimum Gasteiger partial charge on any atom is -0.352 e. The van der Waals surface area contributed by atoms with Gasteiger partial charge in [0.05, 0.1) is 0 Å². The van der Waals surface area contributed by atoms with Gasteiger partial charge in [0.15, 0.2) is 0 Å². The molecule has 0 saturated heterocycles. The summed E-state index contributed by atoms with van der Waals surface area (Å²) >= 11 is 0. The van der Waals surface area contributed by atoms with Crippen LogP contribution in [0.1, 0.15) is 37.7 Å². The Hall–Kier alpha value is -1.13. The molecule has 0 aromatic heterocycles. The average molecular weight is 289 g/mol. The van der Waals surface area contributed by atoms with Crippen LogP contribution in [0.2, 0.25) is 0 Å². The van der Waals surface area contributed by atoms with Crippen LogP contribution in [0.3, 0.4) is 0 Å². The number of hydrogen-bond acceptors (Lipinski definition) is 2. The summed E-state index contributed by atoms with van der Waals surface area (Å²) in [7, 11) is 0. The smallest absolute Gasteiger partial charge is 0.220 e. The molecule has 1 amide bonds. The van der Waals surface area contributed by atoms with Gasteiger partial charge in [-0.3, -0.25) is 4.79 Å². The highest BCUT2D eigenvalue weighted by Crippen LogP contribution is 2.04. The van der Waals surface area contributed by atoms with Crippen LogP contribution in [0.4, 0.5) is 4.39 Å². The Morgan fingerprint density at radius 1 is 1.21 bits per heavy atom. The predicted molar refractivity (Wildman–Crippen MR) is 77.6 cm³/mol. The summed E-state index contributed by atoms with van der Waals surface area (Å²) in [5, 5.41) is 2.79. The number of nitrogens with two attached hydrogens (primary N) is 1. The van der Waals surface area contributed by atoms with Crippen molar-refractivity contribution in [1.29, 1.82) is 0 Å². The number of hydrogen-bond donors (Lipinski definition) is 2. The molecule has 0 aliphatic rings. The molecule has 0 aliphatic heterocycles. The van der Waals surface area contributed by atoms with Crippen molar-refractivity contribution in [3.05, 3.63) is 35.6 Å². The summed E-state index contributed by atoms with van der Waals surface area (Å²) < 4.78 is 12.9. The average Bonchev–Trinajstić information content (AvgIpc) is 2.36. The van der Waals surface area contributed by atoms with Crippen molar-refractivity contribution < 1.29 is 9.18 Å². The highest BCUT2D eigenvalue weighted by atomic mass is 35.5. The molecular weight excluding hydrogens is 267 g/mol. The van der Waals surface area contributed by atoms with E-state index in [0.29, 0.717) is 19.5 Å². The Kier molecular flexibility index (Phi) is 10.1. The third-order valence-electron chi connectivity index (χ3n) is 2.74. The van der Waals surface area contributed by atoms with Gasteiger partial charge < -0.3 is 11.1 Å². The summed E-state index contributed by atoms with van der Waals surface area (Å²) in [6.45, 7) is 1.10. The molecule has 5 heteroatoms. The number of carbonyl (C=O) groups excluding carboxylic acids is 1. The fraction of sp³-hybridized carbons (Fsp3) is 0.500. The highest BCUT2D eigenvalue weighted by molar-refractivity contribution is 5.85. The van der Waals surface area contributed by atoms with Gasteiger partial charge in [-0.05, 0) is 37.1 Å². The summed E-state index contributed by atoms with van der Waals surface area (Å²) in [6.07, 6.45) is 4.54. The summed E-state index contributed by atoms with van der Waals surface area (Å²) in [4.78, 5) is 11.5. The van der Waals surface area contributed by atoms with Crippen LogP contribution in [0.15, 0.2) is 24.3 Å². The molecule has 0 unspecified atom stereocenters. The lowest BCUT2D eigenvalue weighted by molar-refractivity contribution is -0.121. The third-order valence-corrected chi connectivity index (χ3v) is 2.74. The minimum atomic E-state index is -0.275. The molecule has 0 saturated carbocycles. The standard InChI is InChI=1S/C14H21FN2O.ClH/c15-13-7-5-6-12(10-13)11-17-14(18)8-3-1-2-4-9-16;/h5-7,10H,1-4,8-9,11,16H2,(H,17,18);1H. The number of halogens is 2. The molecule has 1 aromatic rings. The van der Waals surface area contributed by atoms with Crippen molar-refractivity contribution in [1.82, 2.24) is 5.32 Å². The third kappa shape index (κ3) is 8.56. The van der Waals surface area contributed by atoms with Gasteiger partial charge in [0.25, 0.3) is 0 Å². The van der Waals surface area contributed by atoms with Gasteiger partial charge in [-0.2, -0.15) is 0 Å². The van der Waals surface area contributed by atoms with Gasteiger partial charge >= 0.3 is 0 Å². The van der Waals surface area contributed by atoms with Gasteiger partial charge in [0.2, 0.25) is 5.91 Å². The van der Waals surface area contributed by atoms with Crippen LogP contribution < -0.4 is 11.1 Å². The molecule has 0 spiro atoms. The molecule has 0 fully saturated rings. The van der Waals surface area contributed by atoms with E-state index in [0.717, 1.165) is 31.2 Å². The van der Waals surface area contributed by atoms with E-state index in [2.05, 4.69) is 5.32 Å². The lowest BCUT2D eigenvalue weighted by atomic mass is 10.1. The Balaban J connectivity index is 0.00000324. The largest absolute Gasteiger partial charge is 0.352 e. The number of carbonyl (C=O) groups is 1. The summed E-state index contributed by atoms with van der Waals surface area (Å²) in [5.74, 6) is -0.254. The van der Waals surface area contributed by atoms with Gasteiger partial charge in [0.1, 0.15) is 5.82 Å². The van der Waals surface area contributed by atoms with E-state index < -0.39 is 0 Å². The van der Waals surface area contributed by atoms with Crippen LogP contribution in [0.5, 0.6) is 0 Å². The first-order valence-corrected chi connectivity index (χ1v) is 6.43. The Morgan fingerprint density at radius 2 is 1.95 bits per heavy atom. The van der Waals surface area contributed by atoms with E-state index in [1.807, 2.05) is 0 Å². The molecular formula is C14H22ClFN2O. The number of unbranched alkanes of at least 4 members (excludes halogenated alkanes) is 3. The quantitative estimate of drug-likeness (QED) is 0.723. The first-order valence-electron chi connectivity index (χ1n) is 6.43. The predicted octanol–water partition coefficient (Wildman–Crippen LogP) is 2.77. The first kappa shape index (κ1) is 17.9. The Bertz CT molecular complexity index is 374. The molecule has 0 atom stereocenters. The van der Waals surface area contributed by atoms with Crippen LogP contribution in [-0.4, -0.2) is 12.5 Å². The molecule has 19 heavy (non-hydrogen) atoms. The lowest BCUT2D eigenvalue weighted by Crippen LogP contribution is -2.22. The topological polar surface area (TPSA) is 55.1 Å². The molecule has 0 bridgehead atoms. The molecule has 1 aromatic carbocycles. The minimum absolute atomic E-state index is 0. The van der Waals surface area contributed by atoms with Gasteiger partial charge in [0, 0.05) is 13.0 Å². The molecule has 0 radical (unpaired) electrons. The van der Waals surface area contributed by atoms with Crippen molar-refractivity contribution in [3.8, 4) is 0 Å². The van der Waals surface area contributed by atoms with E-state index in [4.69, 9.17) is 5.73 Å². The zero-order valence-corrected chi connectivity index (χ0v) is 11.8. The monoisotopic (exact) mass is 288 g/mol. The van der Waals surface area contributed by atoms with Crippen molar-refractivity contribution in [3.63, 3.8) is 0 Å². The van der Waals surface area contributed by atoms with Gasteiger partial charge in [-0.1, -0.05) is 25.0 Å². The number of nitrogens with one attached hydrogen (secondary N) is 1. The zero-order valence-electron chi connectivity index (χ0n) is 11.0. The molecule has 0 aliphatic carbocycles. The maximum atomic E-state index is 12.9. The zero-order chi connectivity index (χ0) is 13.2. The number of amides is 1. The lowest BCUT2D eigenvalue weighted by Gasteiger charge is -2.05. The second kappa shape index (κ2) is 10.8.